The van der Waals surface area contributed by atoms with E-state index in [0.717, 1.165) is 28.6 Å². The van der Waals surface area contributed by atoms with E-state index in [4.69, 9.17) is 0 Å². The summed E-state index contributed by atoms with van der Waals surface area (Å²) in [6.45, 7) is 6.19. The highest BCUT2D eigenvalue weighted by Gasteiger charge is 2.30. The van der Waals surface area contributed by atoms with E-state index >= 15 is 0 Å². The Hall–Kier alpha value is -2.76. The fraction of sp³-hybridized carbons (Fsp3) is 0.286. The average Bonchev–Trinajstić information content (AvgIpc) is 2.91. The number of nitrogens with one attached hydrogen (secondary N) is 1. The first kappa shape index (κ1) is 19.0. The van der Waals surface area contributed by atoms with Gasteiger partial charge in [0.2, 0.25) is 0 Å². The van der Waals surface area contributed by atoms with Crippen LogP contribution < -0.4 is 0 Å². The molecule has 0 aliphatic heterocycles. The highest BCUT2D eigenvalue weighted by molar-refractivity contribution is 5.94. The van der Waals surface area contributed by atoms with E-state index in [1.165, 1.54) is 12.1 Å². The summed E-state index contributed by atoms with van der Waals surface area (Å²) in [5, 5.41) is 10.1. The topological polar surface area (TPSA) is 53.1 Å². The molecule has 0 fully saturated rings. The lowest BCUT2D eigenvalue weighted by Crippen LogP contribution is -2.10. The maximum Gasteiger partial charge on any atom is 0.416 e. The van der Waals surface area contributed by atoms with Crippen molar-refractivity contribution in [2.24, 2.45) is 0 Å². The normalized spacial score (nSPS) is 12.5. The Morgan fingerprint density at radius 1 is 1.00 bits per heavy atom. The molecule has 1 heterocycles. The van der Waals surface area contributed by atoms with Gasteiger partial charge < -0.3 is 10.1 Å². The number of alkyl halides is 3. The number of hydrogen-bond donors (Lipinski definition) is 2. The van der Waals surface area contributed by atoms with Crippen molar-refractivity contribution in [1.29, 1.82) is 0 Å². The summed E-state index contributed by atoms with van der Waals surface area (Å²) in [4.78, 5) is 14.6. The van der Waals surface area contributed by atoms with Gasteiger partial charge in [0.1, 0.15) is 0 Å². The molecule has 3 nitrogen and oxygen atoms in total. The number of carboxylic acids is 1. The second-order valence-corrected chi connectivity index (χ2v) is 7.63. The number of carboxylic acid groups (broad SMARTS) is 1. The summed E-state index contributed by atoms with van der Waals surface area (Å²) in [6.07, 6.45) is -4.63. The van der Waals surface area contributed by atoms with Crippen molar-refractivity contribution in [1.82, 2.24) is 4.98 Å². The van der Waals surface area contributed by atoms with Crippen LogP contribution >= 0.6 is 0 Å². The number of benzene rings is 2. The molecule has 2 N–H and O–H groups in total. The molecule has 0 aliphatic carbocycles. The Morgan fingerprint density at radius 2 is 1.59 bits per heavy atom. The van der Waals surface area contributed by atoms with Crippen LogP contribution in [-0.4, -0.2) is 16.1 Å². The predicted octanol–water partition coefficient (Wildman–Crippen LogP) is 5.78. The van der Waals surface area contributed by atoms with E-state index < -0.39 is 17.7 Å². The molecule has 27 heavy (non-hydrogen) atoms. The van der Waals surface area contributed by atoms with Crippen LogP contribution in [0.1, 0.15) is 37.5 Å². The number of aromatic amines is 1. The minimum atomic E-state index is -4.41. The van der Waals surface area contributed by atoms with Gasteiger partial charge in [0.15, 0.2) is 0 Å². The molecule has 0 unspecified atom stereocenters. The van der Waals surface area contributed by atoms with E-state index in [1.807, 2.05) is 18.2 Å². The van der Waals surface area contributed by atoms with Crippen molar-refractivity contribution in [3.8, 4) is 11.3 Å². The van der Waals surface area contributed by atoms with Crippen molar-refractivity contribution in [3.63, 3.8) is 0 Å². The second kappa shape index (κ2) is 6.44. The lowest BCUT2D eigenvalue weighted by Gasteiger charge is -2.19. The van der Waals surface area contributed by atoms with Gasteiger partial charge in [-0.15, -0.1) is 0 Å². The van der Waals surface area contributed by atoms with E-state index in [-0.39, 0.29) is 11.8 Å². The smallest absolute Gasteiger partial charge is 0.416 e. The minimum absolute atomic E-state index is 0.111. The number of aromatic nitrogens is 1. The van der Waals surface area contributed by atoms with Crippen LogP contribution in [-0.2, 0) is 22.8 Å². The van der Waals surface area contributed by atoms with Gasteiger partial charge in [0, 0.05) is 10.9 Å². The van der Waals surface area contributed by atoms with Gasteiger partial charge in [0.25, 0.3) is 0 Å². The lowest BCUT2D eigenvalue weighted by atomic mass is 9.86. The third-order valence-corrected chi connectivity index (χ3v) is 4.60. The van der Waals surface area contributed by atoms with Crippen LogP contribution in [0.25, 0.3) is 22.2 Å². The average molecular weight is 375 g/mol. The molecule has 0 saturated heterocycles. The summed E-state index contributed by atoms with van der Waals surface area (Å²) in [7, 11) is 0. The molecule has 1 aromatic heterocycles. The van der Waals surface area contributed by atoms with Crippen LogP contribution in [0.15, 0.2) is 42.5 Å². The van der Waals surface area contributed by atoms with Crippen molar-refractivity contribution in [2.75, 3.05) is 0 Å². The molecule has 3 aromatic rings. The summed E-state index contributed by atoms with van der Waals surface area (Å²) >= 11 is 0. The molecule has 0 saturated carbocycles. The highest BCUT2D eigenvalue weighted by atomic mass is 19.4. The molecule has 3 rings (SSSR count). The fourth-order valence-corrected chi connectivity index (χ4v) is 3.12. The van der Waals surface area contributed by atoms with Crippen molar-refractivity contribution in [2.45, 2.75) is 38.8 Å². The Labute approximate surface area is 154 Å². The SMILES string of the molecule is CC(C)(C)c1ccc2[nH]c(-c3ccc(C(F)(F)F)cc3)c(CC(=O)O)c2c1. The van der Waals surface area contributed by atoms with Crippen LogP contribution in [0.2, 0.25) is 0 Å². The Morgan fingerprint density at radius 3 is 2.11 bits per heavy atom. The Bertz CT molecular complexity index is 993. The van der Waals surface area contributed by atoms with Gasteiger partial charge in [-0.2, -0.15) is 13.2 Å². The molecular weight excluding hydrogens is 355 g/mol. The number of H-pyrrole nitrogens is 1. The molecule has 0 aliphatic rings. The molecule has 6 heteroatoms. The third-order valence-electron chi connectivity index (χ3n) is 4.60. The zero-order valence-corrected chi connectivity index (χ0v) is 15.2. The van der Waals surface area contributed by atoms with Crippen LogP contribution in [0.3, 0.4) is 0 Å². The molecule has 142 valence electrons. The lowest BCUT2D eigenvalue weighted by molar-refractivity contribution is -0.138. The first-order chi connectivity index (χ1) is 12.5. The zero-order valence-electron chi connectivity index (χ0n) is 15.2. The Kier molecular flexibility index (Phi) is 4.54. The summed E-state index contributed by atoms with van der Waals surface area (Å²) in [6, 6.07) is 10.6. The summed E-state index contributed by atoms with van der Waals surface area (Å²) in [5.41, 5.74) is 2.59. The number of halogens is 3. The number of carbonyl (C=O) groups is 1. The number of rotatable bonds is 3. The maximum absolute atomic E-state index is 12.8. The first-order valence-corrected chi connectivity index (χ1v) is 8.51. The maximum atomic E-state index is 12.8. The largest absolute Gasteiger partial charge is 0.481 e. The zero-order chi connectivity index (χ0) is 20.0. The van der Waals surface area contributed by atoms with Crippen LogP contribution in [0.5, 0.6) is 0 Å². The summed E-state index contributed by atoms with van der Waals surface area (Å²) in [5.74, 6) is -0.995. The number of aliphatic carboxylic acids is 1. The van der Waals surface area contributed by atoms with Crippen LogP contribution in [0.4, 0.5) is 13.2 Å². The van der Waals surface area contributed by atoms with Crippen molar-refractivity contribution < 1.29 is 23.1 Å². The van der Waals surface area contributed by atoms with Gasteiger partial charge >= 0.3 is 12.1 Å². The predicted molar refractivity (Wildman–Crippen MR) is 98.8 cm³/mol. The molecule has 0 spiro atoms. The summed E-state index contributed by atoms with van der Waals surface area (Å²) < 4.78 is 38.4. The van der Waals surface area contributed by atoms with Gasteiger partial charge in [-0.05, 0) is 46.4 Å². The monoisotopic (exact) mass is 375 g/mol. The number of hydrogen-bond acceptors (Lipinski definition) is 1. The van der Waals surface area contributed by atoms with Gasteiger partial charge in [-0.25, -0.2) is 0 Å². The van der Waals surface area contributed by atoms with E-state index in [2.05, 4.69) is 25.8 Å². The quantitative estimate of drug-likeness (QED) is 0.610. The van der Waals surface area contributed by atoms with E-state index in [0.29, 0.717) is 16.8 Å². The third kappa shape index (κ3) is 3.84. The minimum Gasteiger partial charge on any atom is -0.481 e. The highest BCUT2D eigenvalue weighted by Crippen LogP contribution is 2.36. The van der Waals surface area contributed by atoms with E-state index in [9.17, 15) is 23.1 Å². The molecular formula is C21H20F3NO2. The van der Waals surface area contributed by atoms with Crippen molar-refractivity contribution in [3.05, 3.63) is 59.2 Å². The molecule has 0 atom stereocenters. The molecule has 2 aromatic carbocycles. The van der Waals surface area contributed by atoms with Gasteiger partial charge in [-0.3, -0.25) is 4.79 Å². The first-order valence-electron chi connectivity index (χ1n) is 8.51. The van der Waals surface area contributed by atoms with Gasteiger partial charge in [-0.1, -0.05) is 39.0 Å². The van der Waals surface area contributed by atoms with Crippen LogP contribution in [0, 0.1) is 0 Å². The molecule has 0 bridgehead atoms. The molecule has 0 radical (unpaired) electrons. The standard InChI is InChI=1S/C21H20F3NO2/c1-20(2,3)14-8-9-17-15(10-14)16(11-18(26)27)19(25-17)12-4-6-13(7-5-12)21(22,23)24/h4-10,25H,11H2,1-3H3,(H,26,27). The number of fused-ring (bicyclic) bond motifs is 1. The fourth-order valence-electron chi connectivity index (χ4n) is 3.12. The van der Waals surface area contributed by atoms with E-state index in [1.54, 1.807) is 0 Å². The van der Waals surface area contributed by atoms with Crippen molar-refractivity contribution >= 4 is 16.9 Å². The molecule has 0 amide bonds. The Balaban J connectivity index is 2.18. The van der Waals surface area contributed by atoms with Gasteiger partial charge in [0.05, 0.1) is 17.7 Å². The second-order valence-electron chi connectivity index (χ2n) is 7.63.